The highest BCUT2D eigenvalue weighted by molar-refractivity contribution is 5.56. The number of aliphatic hydroxyl groups is 1. The third-order valence-electron chi connectivity index (χ3n) is 4.61. The molecule has 0 bridgehead atoms. The standard InChI is InChI=1S/C17H22N4O2/c1-11-12(2)19-16(20-17(11)23)14-3-4-15(18-9-14)21-7-5-13(10-22)6-8-21/h3-4,9,13,22H,5-8,10H2,1-2H3,(H,19,20,23). The van der Waals surface area contributed by atoms with Crippen molar-refractivity contribution in [1.82, 2.24) is 15.0 Å². The van der Waals surface area contributed by atoms with Crippen LogP contribution in [0.4, 0.5) is 5.82 Å². The summed E-state index contributed by atoms with van der Waals surface area (Å²) in [6.45, 7) is 5.70. The molecule has 1 saturated heterocycles. The van der Waals surface area contributed by atoms with Gasteiger partial charge in [0, 0.05) is 42.7 Å². The normalized spacial score (nSPS) is 15.9. The lowest BCUT2D eigenvalue weighted by Crippen LogP contribution is -2.35. The average molecular weight is 314 g/mol. The molecule has 2 aromatic rings. The molecule has 0 aromatic carbocycles. The molecule has 1 aliphatic rings. The molecule has 2 N–H and O–H groups in total. The number of H-pyrrole nitrogens is 1. The third kappa shape index (κ3) is 3.27. The van der Waals surface area contributed by atoms with E-state index in [2.05, 4.69) is 19.9 Å². The fourth-order valence-electron chi connectivity index (χ4n) is 2.84. The molecule has 122 valence electrons. The van der Waals surface area contributed by atoms with Crippen LogP contribution in [0.2, 0.25) is 0 Å². The van der Waals surface area contributed by atoms with E-state index in [0.717, 1.165) is 43.0 Å². The summed E-state index contributed by atoms with van der Waals surface area (Å²) in [5, 5.41) is 9.20. The Hall–Kier alpha value is -2.21. The summed E-state index contributed by atoms with van der Waals surface area (Å²) in [4.78, 5) is 25.8. The molecule has 1 aliphatic heterocycles. The quantitative estimate of drug-likeness (QED) is 0.900. The molecule has 0 unspecified atom stereocenters. The highest BCUT2D eigenvalue weighted by Gasteiger charge is 2.19. The summed E-state index contributed by atoms with van der Waals surface area (Å²) < 4.78 is 0. The van der Waals surface area contributed by atoms with Gasteiger partial charge in [-0.1, -0.05) is 0 Å². The van der Waals surface area contributed by atoms with Crippen molar-refractivity contribution in [3.8, 4) is 11.4 Å². The van der Waals surface area contributed by atoms with Gasteiger partial charge in [0.05, 0.1) is 0 Å². The van der Waals surface area contributed by atoms with E-state index in [0.29, 0.717) is 17.3 Å². The van der Waals surface area contributed by atoms with E-state index in [1.807, 2.05) is 19.1 Å². The van der Waals surface area contributed by atoms with Gasteiger partial charge < -0.3 is 15.0 Å². The maximum absolute atomic E-state index is 11.9. The monoisotopic (exact) mass is 314 g/mol. The molecular weight excluding hydrogens is 292 g/mol. The van der Waals surface area contributed by atoms with Crippen LogP contribution in [-0.2, 0) is 0 Å². The van der Waals surface area contributed by atoms with Gasteiger partial charge in [-0.05, 0) is 44.7 Å². The number of aliphatic hydroxyl groups excluding tert-OH is 1. The summed E-state index contributed by atoms with van der Waals surface area (Å²) in [7, 11) is 0. The highest BCUT2D eigenvalue weighted by atomic mass is 16.3. The van der Waals surface area contributed by atoms with Crippen LogP contribution in [0.3, 0.4) is 0 Å². The molecule has 0 aliphatic carbocycles. The number of aryl methyl sites for hydroxylation is 1. The minimum atomic E-state index is -0.109. The third-order valence-corrected chi connectivity index (χ3v) is 4.61. The Bertz CT molecular complexity index is 731. The molecule has 2 aromatic heterocycles. The number of anilines is 1. The van der Waals surface area contributed by atoms with E-state index < -0.39 is 0 Å². The molecule has 3 heterocycles. The molecule has 1 fully saturated rings. The molecule has 3 rings (SSSR count). The van der Waals surface area contributed by atoms with Crippen molar-refractivity contribution in [3.63, 3.8) is 0 Å². The van der Waals surface area contributed by atoms with E-state index in [1.54, 1.807) is 13.1 Å². The number of aromatic nitrogens is 3. The Balaban J connectivity index is 1.79. The van der Waals surface area contributed by atoms with Crippen molar-refractivity contribution in [2.45, 2.75) is 26.7 Å². The Morgan fingerprint density at radius 2 is 2.04 bits per heavy atom. The Morgan fingerprint density at radius 1 is 1.30 bits per heavy atom. The van der Waals surface area contributed by atoms with Crippen LogP contribution in [0.5, 0.6) is 0 Å². The maximum Gasteiger partial charge on any atom is 0.254 e. The molecule has 0 amide bonds. The van der Waals surface area contributed by atoms with Crippen LogP contribution in [0, 0.1) is 19.8 Å². The van der Waals surface area contributed by atoms with Gasteiger partial charge in [-0.25, -0.2) is 9.97 Å². The van der Waals surface area contributed by atoms with E-state index in [1.165, 1.54) is 0 Å². The smallest absolute Gasteiger partial charge is 0.254 e. The van der Waals surface area contributed by atoms with Gasteiger partial charge in [0.1, 0.15) is 11.6 Å². The first-order valence-electron chi connectivity index (χ1n) is 7.98. The molecule has 6 nitrogen and oxygen atoms in total. The van der Waals surface area contributed by atoms with E-state index in [-0.39, 0.29) is 12.2 Å². The zero-order chi connectivity index (χ0) is 16.4. The molecule has 0 saturated carbocycles. The zero-order valence-electron chi connectivity index (χ0n) is 13.5. The second-order valence-corrected chi connectivity index (χ2v) is 6.14. The SMILES string of the molecule is Cc1nc(-c2ccc(N3CCC(CO)CC3)nc2)[nH]c(=O)c1C. The Kier molecular flexibility index (Phi) is 4.43. The topological polar surface area (TPSA) is 82.1 Å². The van der Waals surface area contributed by atoms with Crippen molar-refractivity contribution >= 4 is 5.82 Å². The second-order valence-electron chi connectivity index (χ2n) is 6.14. The lowest BCUT2D eigenvalue weighted by Gasteiger charge is -2.31. The largest absolute Gasteiger partial charge is 0.396 e. The number of hydrogen-bond donors (Lipinski definition) is 2. The van der Waals surface area contributed by atoms with Gasteiger partial charge in [-0.2, -0.15) is 0 Å². The molecule has 23 heavy (non-hydrogen) atoms. The van der Waals surface area contributed by atoms with Crippen molar-refractivity contribution in [1.29, 1.82) is 0 Å². The number of piperidine rings is 1. The first kappa shape index (κ1) is 15.7. The number of rotatable bonds is 3. The Morgan fingerprint density at radius 3 is 2.61 bits per heavy atom. The van der Waals surface area contributed by atoms with Crippen LogP contribution in [0.1, 0.15) is 24.1 Å². The molecule has 6 heteroatoms. The fraction of sp³-hybridized carbons (Fsp3) is 0.471. The first-order valence-corrected chi connectivity index (χ1v) is 7.98. The number of aromatic amines is 1. The predicted octanol–water partition coefficient (Wildman–Crippen LogP) is 1.66. The van der Waals surface area contributed by atoms with Gasteiger partial charge in [-0.15, -0.1) is 0 Å². The minimum absolute atomic E-state index is 0.109. The van der Waals surface area contributed by atoms with Crippen LogP contribution in [0.25, 0.3) is 11.4 Å². The van der Waals surface area contributed by atoms with Crippen molar-refractivity contribution < 1.29 is 5.11 Å². The average Bonchev–Trinajstić information content (AvgIpc) is 2.59. The van der Waals surface area contributed by atoms with Crippen LogP contribution >= 0.6 is 0 Å². The number of hydrogen-bond acceptors (Lipinski definition) is 5. The van der Waals surface area contributed by atoms with E-state index in [9.17, 15) is 9.90 Å². The van der Waals surface area contributed by atoms with Crippen LogP contribution in [-0.4, -0.2) is 39.8 Å². The first-order chi connectivity index (χ1) is 11.1. The molecule has 0 spiro atoms. The van der Waals surface area contributed by atoms with Crippen molar-refractivity contribution in [2.24, 2.45) is 5.92 Å². The van der Waals surface area contributed by atoms with Crippen LogP contribution in [0.15, 0.2) is 23.1 Å². The number of nitrogens with zero attached hydrogens (tertiary/aromatic N) is 3. The van der Waals surface area contributed by atoms with Gasteiger partial charge in [0.2, 0.25) is 0 Å². The summed E-state index contributed by atoms with van der Waals surface area (Å²) >= 11 is 0. The fourth-order valence-corrected chi connectivity index (χ4v) is 2.84. The van der Waals surface area contributed by atoms with E-state index in [4.69, 9.17) is 0 Å². The van der Waals surface area contributed by atoms with Crippen LogP contribution < -0.4 is 10.5 Å². The highest BCUT2D eigenvalue weighted by Crippen LogP contribution is 2.23. The predicted molar refractivity (Wildman–Crippen MR) is 89.6 cm³/mol. The summed E-state index contributed by atoms with van der Waals surface area (Å²) in [5.74, 6) is 1.89. The van der Waals surface area contributed by atoms with Crippen molar-refractivity contribution in [3.05, 3.63) is 39.9 Å². The van der Waals surface area contributed by atoms with Gasteiger partial charge in [0.15, 0.2) is 0 Å². The minimum Gasteiger partial charge on any atom is -0.396 e. The Labute approximate surface area is 135 Å². The summed E-state index contributed by atoms with van der Waals surface area (Å²) in [5.41, 5.74) is 2.07. The summed E-state index contributed by atoms with van der Waals surface area (Å²) in [6, 6.07) is 3.90. The molecule has 0 radical (unpaired) electrons. The lowest BCUT2D eigenvalue weighted by molar-refractivity contribution is 0.203. The number of nitrogens with one attached hydrogen (secondary N) is 1. The van der Waals surface area contributed by atoms with E-state index >= 15 is 0 Å². The van der Waals surface area contributed by atoms with Gasteiger partial charge in [-0.3, -0.25) is 4.79 Å². The second kappa shape index (κ2) is 6.50. The zero-order valence-corrected chi connectivity index (χ0v) is 13.5. The molecular formula is C17H22N4O2. The lowest BCUT2D eigenvalue weighted by atomic mass is 9.98. The summed E-state index contributed by atoms with van der Waals surface area (Å²) in [6.07, 6.45) is 3.73. The van der Waals surface area contributed by atoms with Crippen molar-refractivity contribution in [2.75, 3.05) is 24.6 Å². The molecule has 0 atom stereocenters. The van der Waals surface area contributed by atoms with Gasteiger partial charge in [0.25, 0.3) is 5.56 Å². The maximum atomic E-state index is 11.9. The van der Waals surface area contributed by atoms with Gasteiger partial charge >= 0.3 is 0 Å². The number of pyridine rings is 1.